The summed E-state index contributed by atoms with van der Waals surface area (Å²) in [4.78, 5) is 4.29. The number of ether oxygens (including phenoxy) is 2. The Morgan fingerprint density at radius 3 is 2.55 bits per heavy atom. The van der Waals surface area contributed by atoms with Crippen LogP contribution in [0, 0.1) is 5.82 Å². The predicted octanol–water partition coefficient (Wildman–Crippen LogP) is 3.59. The number of hydrogen-bond donors (Lipinski definition) is 1. The zero-order chi connectivity index (χ0) is 15.8. The largest absolute Gasteiger partial charge is 0.494 e. The van der Waals surface area contributed by atoms with Gasteiger partial charge in [0.05, 0.1) is 13.7 Å². The number of rotatable bonds is 6. The van der Waals surface area contributed by atoms with Gasteiger partial charge in [-0.05, 0) is 24.3 Å². The quantitative estimate of drug-likeness (QED) is 0.502. The van der Waals surface area contributed by atoms with Crippen molar-refractivity contribution < 1.29 is 13.9 Å². The third kappa shape index (κ3) is 4.66. The van der Waals surface area contributed by atoms with Crippen LogP contribution in [0.2, 0.25) is 0 Å². The van der Waals surface area contributed by atoms with Gasteiger partial charge in [-0.1, -0.05) is 36.0 Å². The molecule has 4 nitrogen and oxygen atoms in total. The lowest BCUT2D eigenvalue weighted by Crippen LogP contribution is -2.10. The second-order valence-corrected chi connectivity index (χ2v) is 5.36. The minimum absolute atomic E-state index is 0.239. The lowest BCUT2D eigenvalue weighted by atomic mass is 10.3. The Bertz CT molecular complexity index is 650. The van der Waals surface area contributed by atoms with Crippen molar-refractivity contribution in [1.82, 2.24) is 0 Å². The van der Waals surface area contributed by atoms with Crippen LogP contribution in [-0.2, 0) is 0 Å². The Kier molecular flexibility index (Phi) is 6.09. The molecule has 0 bridgehead atoms. The topological polar surface area (TPSA) is 56.8 Å². The predicted molar refractivity (Wildman–Crippen MR) is 88.6 cm³/mol. The van der Waals surface area contributed by atoms with Gasteiger partial charge < -0.3 is 15.2 Å². The van der Waals surface area contributed by atoms with E-state index < -0.39 is 0 Å². The Morgan fingerprint density at radius 2 is 1.82 bits per heavy atom. The van der Waals surface area contributed by atoms with Crippen LogP contribution in [0.5, 0.6) is 11.5 Å². The van der Waals surface area contributed by atoms with E-state index in [-0.39, 0.29) is 11.6 Å². The molecule has 0 saturated carbocycles. The molecule has 0 amide bonds. The van der Waals surface area contributed by atoms with Crippen LogP contribution >= 0.6 is 11.8 Å². The molecule has 0 spiro atoms. The number of halogens is 1. The van der Waals surface area contributed by atoms with E-state index in [1.54, 1.807) is 25.3 Å². The van der Waals surface area contributed by atoms with Gasteiger partial charge in [0.25, 0.3) is 0 Å². The van der Waals surface area contributed by atoms with Crippen molar-refractivity contribution in [2.75, 3.05) is 19.5 Å². The minimum Gasteiger partial charge on any atom is -0.494 e. The number of para-hydroxylation sites is 3. The van der Waals surface area contributed by atoms with Crippen molar-refractivity contribution in [3.63, 3.8) is 0 Å². The van der Waals surface area contributed by atoms with Crippen molar-refractivity contribution in [2.24, 2.45) is 10.7 Å². The molecule has 0 radical (unpaired) electrons. The molecule has 0 atom stereocenters. The van der Waals surface area contributed by atoms with Gasteiger partial charge in [0, 0.05) is 5.75 Å². The monoisotopic (exact) mass is 320 g/mol. The molecule has 116 valence electrons. The lowest BCUT2D eigenvalue weighted by molar-refractivity contribution is 0.325. The van der Waals surface area contributed by atoms with E-state index in [0.29, 0.717) is 29.0 Å². The highest BCUT2D eigenvalue weighted by Crippen LogP contribution is 2.27. The molecular weight excluding hydrogens is 303 g/mol. The highest BCUT2D eigenvalue weighted by Gasteiger charge is 2.03. The summed E-state index contributed by atoms with van der Waals surface area (Å²) in [6, 6.07) is 13.7. The van der Waals surface area contributed by atoms with Crippen LogP contribution in [0.3, 0.4) is 0 Å². The lowest BCUT2D eigenvalue weighted by Gasteiger charge is -2.07. The second-order valence-electron chi connectivity index (χ2n) is 4.25. The zero-order valence-electron chi connectivity index (χ0n) is 12.2. The summed E-state index contributed by atoms with van der Waals surface area (Å²) >= 11 is 1.34. The maximum atomic E-state index is 13.4. The molecule has 0 fully saturated rings. The number of nitrogens with two attached hydrogens (primary N) is 1. The molecule has 2 N–H and O–H groups in total. The number of thioether (sulfide) groups is 1. The number of amidine groups is 1. The van der Waals surface area contributed by atoms with Gasteiger partial charge in [-0.3, -0.25) is 0 Å². The summed E-state index contributed by atoms with van der Waals surface area (Å²) in [6.45, 7) is 0.341. The molecule has 0 aliphatic rings. The summed E-state index contributed by atoms with van der Waals surface area (Å²) in [5.74, 6) is 1.10. The SMILES string of the molecule is COc1ccccc1N=C(N)SCCOc1ccccc1F. The van der Waals surface area contributed by atoms with E-state index in [1.165, 1.54) is 17.8 Å². The fraction of sp³-hybridized carbons (Fsp3) is 0.188. The Morgan fingerprint density at radius 1 is 1.14 bits per heavy atom. The smallest absolute Gasteiger partial charge is 0.165 e. The third-order valence-corrected chi connectivity index (χ3v) is 3.50. The first-order chi connectivity index (χ1) is 10.7. The standard InChI is InChI=1S/C16H17FN2O2S/c1-20-15-9-5-3-7-13(15)19-16(18)22-11-10-21-14-8-4-2-6-12(14)17/h2-9H,10-11H2,1H3,(H2,18,19). The van der Waals surface area contributed by atoms with Crippen LogP contribution in [-0.4, -0.2) is 24.6 Å². The highest BCUT2D eigenvalue weighted by molar-refractivity contribution is 8.13. The van der Waals surface area contributed by atoms with Gasteiger partial charge >= 0.3 is 0 Å². The first kappa shape index (κ1) is 16.2. The summed E-state index contributed by atoms with van der Waals surface area (Å²) in [5, 5.41) is 0.404. The first-order valence-corrected chi connectivity index (χ1v) is 7.66. The van der Waals surface area contributed by atoms with Gasteiger partial charge in [-0.15, -0.1) is 0 Å². The van der Waals surface area contributed by atoms with E-state index in [2.05, 4.69) is 4.99 Å². The Hall–Kier alpha value is -2.21. The van der Waals surface area contributed by atoms with Crippen molar-refractivity contribution in [2.45, 2.75) is 0 Å². The van der Waals surface area contributed by atoms with Gasteiger partial charge in [-0.2, -0.15) is 0 Å². The Labute approximate surface area is 133 Å². The van der Waals surface area contributed by atoms with E-state index in [0.717, 1.165) is 0 Å². The summed E-state index contributed by atoms with van der Waals surface area (Å²) in [5.41, 5.74) is 6.54. The minimum atomic E-state index is -0.372. The third-order valence-electron chi connectivity index (χ3n) is 2.74. The van der Waals surface area contributed by atoms with Crippen LogP contribution in [0.15, 0.2) is 53.5 Å². The molecule has 0 heterocycles. The highest BCUT2D eigenvalue weighted by atomic mass is 32.2. The average Bonchev–Trinajstić information content (AvgIpc) is 2.53. The van der Waals surface area contributed by atoms with Crippen molar-refractivity contribution in [3.05, 3.63) is 54.3 Å². The zero-order valence-corrected chi connectivity index (χ0v) is 13.0. The number of hydrogen-bond acceptors (Lipinski definition) is 4. The molecule has 0 saturated heterocycles. The molecule has 2 aromatic carbocycles. The number of nitrogens with zero attached hydrogens (tertiary/aromatic N) is 1. The maximum absolute atomic E-state index is 13.4. The van der Waals surface area contributed by atoms with Crippen LogP contribution in [0.25, 0.3) is 0 Å². The Balaban J connectivity index is 1.84. The number of benzene rings is 2. The van der Waals surface area contributed by atoms with Gasteiger partial charge in [0.2, 0.25) is 0 Å². The number of aliphatic imine (C=N–C) groups is 1. The molecule has 0 unspecified atom stereocenters. The molecule has 2 rings (SSSR count). The van der Waals surface area contributed by atoms with Gasteiger partial charge in [0.15, 0.2) is 16.7 Å². The fourth-order valence-electron chi connectivity index (χ4n) is 1.73. The van der Waals surface area contributed by atoms with E-state index in [4.69, 9.17) is 15.2 Å². The summed E-state index contributed by atoms with van der Waals surface area (Å²) in [6.07, 6.45) is 0. The van der Waals surface area contributed by atoms with E-state index >= 15 is 0 Å². The molecule has 22 heavy (non-hydrogen) atoms. The van der Waals surface area contributed by atoms with Gasteiger partial charge in [-0.25, -0.2) is 9.38 Å². The van der Waals surface area contributed by atoms with Crippen molar-refractivity contribution in [3.8, 4) is 11.5 Å². The van der Waals surface area contributed by atoms with Gasteiger partial charge in [0.1, 0.15) is 11.4 Å². The van der Waals surface area contributed by atoms with E-state index in [9.17, 15) is 4.39 Å². The molecule has 0 aromatic heterocycles. The molecular formula is C16H17FN2O2S. The van der Waals surface area contributed by atoms with Crippen LogP contribution < -0.4 is 15.2 Å². The molecule has 2 aromatic rings. The first-order valence-electron chi connectivity index (χ1n) is 6.68. The molecule has 6 heteroatoms. The molecule has 0 aliphatic carbocycles. The summed E-state index contributed by atoms with van der Waals surface area (Å²) in [7, 11) is 1.58. The number of methoxy groups -OCH3 is 1. The maximum Gasteiger partial charge on any atom is 0.165 e. The molecule has 0 aliphatic heterocycles. The van der Waals surface area contributed by atoms with Crippen molar-refractivity contribution in [1.29, 1.82) is 0 Å². The fourth-order valence-corrected chi connectivity index (χ4v) is 2.27. The van der Waals surface area contributed by atoms with E-state index in [1.807, 2.05) is 24.3 Å². The average molecular weight is 320 g/mol. The second kappa shape index (κ2) is 8.29. The van der Waals surface area contributed by atoms with Crippen molar-refractivity contribution >= 4 is 22.6 Å². The summed E-state index contributed by atoms with van der Waals surface area (Å²) < 4.78 is 23.9. The normalized spacial score (nSPS) is 11.3. The van der Waals surface area contributed by atoms with Crippen LogP contribution in [0.1, 0.15) is 0 Å². The van der Waals surface area contributed by atoms with Crippen LogP contribution in [0.4, 0.5) is 10.1 Å².